The molecule has 2 saturated heterocycles. The van der Waals surface area contributed by atoms with Crippen LogP contribution in [0.3, 0.4) is 0 Å². The SMILES string of the molecule is CCNC(=NCCC1CCCN(C(=O)OC(C)(C)C)C1)N1CCC(C)C(n2ccnc2)C1. The first kappa shape index (κ1) is 24.4. The minimum absolute atomic E-state index is 0.188. The molecule has 3 rings (SSSR count). The van der Waals surface area contributed by atoms with E-state index in [-0.39, 0.29) is 6.09 Å². The monoisotopic (exact) mass is 446 g/mol. The van der Waals surface area contributed by atoms with Crippen molar-refractivity contribution in [3.8, 4) is 0 Å². The number of imidazole rings is 1. The molecule has 2 aliphatic heterocycles. The molecule has 0 bridgehead atoms. The number of aliphatic imine (C=N–C) groups is 1. The molecule has 1 N–H and O–H groups in total. The summed E-state index contributed by atoms with van der Waals surface area (Å²) < 4.78 is 7.79. The highest BCUT2D eigenvalue weighted by molar-refractivity contribution is 5.80. The predicted octanol–water partition coefficient (Wildman–Crippen LogP) is 3.77. The molecule has 0 aliphatic carbocycles. The van der Waals surface area contributed by atoms with Gasteiger partial charge in [-0.05, 0) is 65.2 Å². The average molecular weight is 447 g/mol. The molecule has 8 nitrogen and oxygen atoms in total. The molecule has 1 amide bonds. The van der Waals surface area contributed by atoms with E-state index in [1.165, 1.54) is 0 Å². The minimum Gasteiger partial charge on any atom is -0.444 e. The summed E-state index contributed by atoms with van der Waals surface area (Å²) in [5, 5.41) is 3.49. The highest BCUT2D eigenvalue weighted by Gasteiger charge is 2.30. The third kappa shape index (κ3) is 6.87. The molecule has 2 fully saturated rings. The fourth-order valence-corrected chi connectivity index (χ4v) is 4.67. The number of likely N-dealkylation sites (tertiary alicyclic amines) is 2. The summed E-state index contributed by atoms with van der Waals surface area (Å²) >= 11 is 0. The second kappa shape index (κ2) is 11.1. The number of nitrogens with zero attached hydrogens (tertiary/aromatic N) is 5. The van der Waals surface area contributed by atoms with Gasteiger partial charge in [0.1, 0.15) is 5.60 Å². The van der Waals surface area contributed by atoms with Crippen LogP contribution in [0.25, 0.3) is 0 Å². The van der Waals surface area contributed by atoms with Crippen LogP contribution in [0.1, 0.15) is 66.3 Å². The van der Waals surface area contributed by atoms with Gasteiger partial charge in [-0.2, -0.15) is 0 Å². The van der Waals surface area contributed by atoms with E-state index in [0.29, 0.717) is 17.9 Å². The predicted molar refractivity (Wildman–Crippen MR) is 128 cm³/mol. The van der Waals surface area contributed by atoms with Crippen molar-refractivity contribution in [2.24, 2.45) is 16.8 Å². The zero-order valence-electron chi connectivity index (χ0n) is 20.6. The van der Waals surface area contributed by atoms with Crippen molar-refractivity contribution in [3.05, 3.63) is 18.7 Å². The summed E-state index contributed by atoms with van der Waals surface area (Å²) in [5.74, 6) is 2.09. The number of aromatic nitrogens is 2. The Hall–Kier alpha value is -2.25. The maximum absolute atomic E-state index is 12.4. The lowest BCUT2D eigenvalue weighted by Gasteiger charge is -2.39. The summed E-state index contributed by atoms with van der Waals surface area (Å²) in [7, 11) is 0. The third-order valence-electron chi connectivity index (χ3n) is 6.43. The standard InChI is InChI=1S/C24H42N6O2/c1-6-26-22(28-14-10-19(2)21(17-28)30-15-12-25-18-30)27-11-9-20-8-7-13-29(16-20)23(31)32-24(3,4)5/h12,15,18-21H,6-11,13-14,16-17H2,1-5H3,(H,26,27). The van der Waals surface area contributed by atoms with Gasteiger partial charge in [-0.1, -0.05) is 6.92 Å². The largest absolute Gasteiger partial charge is 0.444 e. The van der Waals surface area contributed by atoms with Gasteiger partial charge in [-0.15, -0.1) is 0 Å². The normalized spacial score (nSPS) is 25.0. The molecule has 1 aromatic rings. The molecule has 0 radical (unpaired) electrons. The van der Waals surface area contributed by atoms with E-state index < -0.39 is 5.60 Å². The van der Waals surface area contributed by atoms with Crippen LogP contribution < -0.4 is 5.32 Å². The van der Waals surface area contributed by atoms with Crippen LogP contribution in [0, 0.1) is 11.8 Å². The molecule has 2 aliphatic rings. The Balaban J connectivity index is 1.55. The molecular formula is C24H42N6O2. The number of hydrogen-bond acceptors (Lipinski definition) is 4. The molecule has 1 aromatic heterocycles. The fourth-order valence-electron chi connectivity index (χ4n) is 4.67. The fraction of sp³-hybridized carbons (Fsp3) is 0.792. The number of hydrogen-bond donors (Lipinski definition) is 1. The molecule has 3 atom stereocenters. The zero-order chi connectivity index (χ0) is 23.1. The van der Waals surface area contributed by atoms with Gasteiger partial charge >= 0.3 is 6.09 Å². The van der Waals surface area contributed by atoms with Gasteiger partial charge in [0.2, 0.25) is 0 Å². The smallest absolute Gasteiger partial charge is 0.410 e. The van der Waals surface area contributed by atoms with Gasteiger partial charge in [0.05, 0.1) is 12.4 Å². The molecule has 180 valence electrons. The summed E-state index contributed by atoms with van der Waals surface area (Å²) in [5.41, 5.74) is -0.449. The minimum atomic E-state index is -0.449. The molecule has 32 heavy (non-hydrogen) atoms. The number of piperidine rings is 2. The van der Waals surface area contributed by atoms with E-state index in [2.05, 4.69) is 39.8 Å². The second-order valence-corrected chi connectivity index (χ2v) is 10.2. The number of rotatable bonds is 5. The van der Waals surface area contributed by atoms with Crippen molar-refractivity contribution in [3.63, 3.8) is 0 Å². The Kier molecular flexibility index (Phi) is 8.43. The van der Waals surface area contributed by atoms with Gasteiger partial charge in [-0.25, -0.2) is 9.78 Å². The van der Waals surface area contributed by atoms with Gasteiger partial charge < -0.3 is 24.4 Å². The molecule has 0 saturated carbocycles. The van der Waals surface area contributed by atoms with Gasteiger partial charge in [0, 0.05) is 51.7 Å². The summed E-state index contributed by atoms with van der Waals surface area (Å²) in [6.07, 6.45) is 9.97. The van der Waals surface area contributed by atoms with Crippen molar-refractivity contribution in [2.45, 2.75) is 71.9 Å². The summed E-state index contributed by atoms with van der Waals surface area (Å²) in [4.78, 5) is 25.9. The van der Waals surface area contributed by atoms with E-state index >= 15 is 0 Å². The molecular weight excluding hydrogens is 404 g/mol. The van der Waals surface area contributed by atoms with Gasteiger partial charge in [0.15, 0.2) is 5.96 Å². The summed E-state index contributed by atoms with van der Waals surface area (Å²) in [6, 6.07) is 0.413. The third-order valence-corrected chi connectivity index (χ3v) is 6.43. The quantitative estimate of drug-likeness (QED) is 0.550. The van der Waals surface area contributed by atoms with Crippen LogP contribution in [-0.2, 0) is 4.74 Å². The number of guanidine groups is 1. The van der Waals surface area contributed by atoms with E-state index in [1.807, 2.05) is 38.2 Å². The van der Waals surface area contributed by atoms with Crippen molar-refractivity contribution < 1.29 is 9.53 Å². The highest BCUT2D eigenvalue weighted by Crippen LogP contribution is 2.27. The lowest BCUT2D eigenvalue weighted by atomic mass is 9.93. The van der Waals surface area contributed by atoms with Crippen molar-refractivity contribution in [1.82, 2.24) is 24.7 Å². The van der Waals surface area contributed by atoms with Crippen molar-refractivity contribution in [1.29, 1.82) is 0 Å². The number of nitrogens with one attached hydrogen (secondary N) is 1. The molecule has 0 spiro atoms. The lowest BCUT2D eigenvalue weighted by molar-refractivity contribution is 0.0163. The van der Waals surface area contributed by atoms with E-state index in [0.717, 1.165) is 70.9 Å². The Bertz CT molecular complexity index is 742. The first-order valence-corrected chi connectivity index (χ1v) is 12.3. The number of carbonyl (C=O) groups is 1. The van der Waals surface area contributed by atoms with Crippen molar-refractivity contribution >= 4 is 12.1 Å². The maximum atomic E-state index is 12.4. The number of carbonyl (C=O) groups excluding carboxylic acids is 1. The van der Waals surface area contributed by atoms with E-state index in [1.54, 1.807) is 0 Å². The zero-order valence-corrected chi connectivity index (χ0v) is 20.6. The van der Waals surface area contributed by atoms with Crippen LogP contribution >= 0.6 is 0 Å². The van der Waals surface area contributed by atoms with Crippen LogP contribution in [0.15, 0.2) is 23.7 Å². The molecule has 8 heteroatoms. The Morgan fingerprint density at radius 3 is 2.72 bits per heavy atom. The molecule has 3 unspecified atom stereocenters. The number of amides is 1. The van der Waals surface area contributed by atoms with Crippen molar-refractivity contribution in [2.75, 3.05) is 39.3 Å². The van der Waals surface area contributed by atoms with Crippen LogP contribution in [0.4, 0.5) is 4.79 Å². The molecule has 0 aromatic carbocycles. The van der Waals surface area contributed by atoms with Crippen LogP contribution in [0.2, 0.25) is 0 Å². The van der Waals surface area contributed by atoms with Crippen LogP contribution in [-0.4, -0.2) is 76.3 Å². The lowest BCUT2D eigenvalue weighted by Crippen LogP contribution is -2.49. The first-order valence-electron chi connectivity index (χ1n) is 12.3. The average Bonchev–Trinajstić information content (AvgIpc) is 3.27. The van der Waals surface area contributed by atoms with Gasteiger partial charge in [-0.3, -0.25) is 4.99 Å². The topological polar surface area (TPSA) is 75.0 Å². The number of ether oxygens (including phenoxy) is 1. The van der Waals surface area contributed by atoms with Crippen LogP contribution in [0.5, 0.6) is 0 Å². The Morgan fingerprint density at radius 1 is 1.22 bits per heavy atom. The summed E-state index contributed by atoms with van der Waals surface area (Å²) in [6.45, 7) is 15.4. The van der Waals surface area contributed by atoms with Gasteiger partial charge in [0.25, 0.3) is 0 Å². The van der Waals surface area contributed by atoms with E-state index in [4.69, 9.17) is 9.73 Å². The Labute approximate surface area is 193 Å². The van der Waals surface area contributed by atoms with E-state index in [9.17, 15) is 4.79 Å². The highest BCUT2D eigenvalue weighted by atomic mass is 16.6. The second-order valence-electron chi connectivity index (χ2n) is 10.2. The maximum Gasteiger partial charge on any atom is 0.410 e. The molecule has 3 heterocycles. The Morgan fingerprint density at radius 2 is 2.03 bits per heavy atom. The first-order chi connectivity index (χ1) is 15.3.